The van der Waals surface area contributed by atoms with Gasteiger partial charge in [-0.2, -0.15) is 11.2 Å². The molecule has 0 spiro atoms. The van der Waals surface area contributed by atoms with Gasteiger partial charge in [0.1, 0.15) is 25.0 Å². The predicted octanol–water partition coefficient (Wildman–Crippen LogP) is 3.02. The second-order valence-electron chi connectivity index (χ2n) is 5.38. The molecule has 10 nitrogen and oxygen atoms in total. The zero-order chi connectivity index (χ0) is 20.5. The lowest BCUT2D eigenvalue weighted by Crippen LogP contribution is -2.32. The number of nitriles is 1. The Bertz CT molecular complexity index is 952. The van der Waals surface area contributed by atoms with Crippen molar-refractivity contribution in [2.24, 2.45) is 5.90 Å². The number of ether oxygens (including phenoxy) is 1. The summed E-state index contributed by atoms with van der Waals surface area (Å²) in [5.41, 5.74) is 1.46. The minimum absolute atomic E-state index is 0.379. The number of nitrogens with two attached hydrogens (primary N) is 1. The van der Waals surface area contributed by atoms with E-state index in [1.54, 1.807) is 47.7 Å². The van der Waals surface area contributed by atoms with Crippen molar-refractivity contribution in [3.8, 4) is 17.6 Å². The van der Waals surface area contributed by atoms with E-state index in [-0.39, 0.29) is 0 Å². The van der Waals surface area contributed by atoms with E-state index < -0.39 is 0 Å². The fourth-order valence-electron chi connectivity index (χ4n) is 2.36. The molecule has 0 saturated carbocycles. The Labute approximate surface area is 179 Å². The Morgan fingerprint density at radius 2 is 1.93 bits per heavy atom. The molecule has 3 aromatic rings. The molecule has 0 aliphatic rings. The maximum atomic E-state index is 8.98. The third-order valence-corrected chi connectivity index (χ3v) is 4.65. The maximum Gasteiger partial charge on any atom is 0.260 e. The van der Waals surface area contributed by atoms with Crippen molar-refractivity contribution in [1.82, 2.24) is 14.9 Å². The SMILES string of the molecule is N#Cc1ccc(N(CCOc2ccc(OSOON)c(Br)c2)n2cnnc2)cc1. The molecule has 2 N–H and O–H groups in total. The first kappa shape index (κ1) is 20.9. The zero-order valence-corrected chi connectivity index (χ0v) is 17.2. The highest BCUT2D eigenvalue weighted by Gasteiger charge is 2.10. The highest BCUT2D eigenvalue weighted by molar-refractivity contribution is 9.10. The van der Waals surface area contributed by atoms with Gasteiger partial charge in [0.15, 0.2) is 5.75 Å². The number of rotatable bonds is 10. The molecule has 1 aromatic heterocycles. The van der Waals surface area contributed by atoms with Crippen LogP contribution in [0.15, 0.2) is 59.6 Å². The topological polar surface area (TPSA) is 121 Å². The molecule has 1 heterocycles. The van der Waals surface area contributed by atoms with Crippen molar-refractivity contribution in [2.75, 3.05) is 18.2 Å². The molecule has 0 aliphatic carbocycles. The molecule has 2 aromatic carbocycles. The van der Waals surface area contributed by atoms with Gasteiger partial charge >= 0.3 is 0 Å². The van der Waals surface area contributed by atoms with Gasteiger partial charge in [0, 0.05) is 0 Å². The number of nitrogens with zero attached hydrogens (tertiary/aromatic N) is 5. The van der Waals surface area contributed by atoms with Crippen LogP contribution in [0.25, 0.3) is 0 Å². The lowest BCUT2D eigenvalue weighted by Gasteiger charge is -2.25. The van der Waals surface area contributed by atoms with Crippen molar-refractivity contribution in [2.45, 2.75) is 0 Å². The summed E-state index contributed by atoms with van der Waals surface area (Å²) in [5, 5.41) is 18.6. The monoisotopic (exact) mass is 478 g/mol. The quantitative estimate of drug-likeness (QED) is 0.201. The van der Waals surface area contributed by atoms with E-state index in [0.717, 1.165) is 5.69 Å². The summed E-state index contributed by atoms with van der Waals surface area (Å²) in [5.74, 6) is 5.91. The van der Waals surface area contributed by atoms with Gasteiger partial charge in [-0.1, -0.05) is 0 Å². The minimum Gasteiger partial charge on any atom is -0.492 e. The predicted molar refractivity (Wildman–Crippen MR) is 108 cm³/mol. The summed E-state index contributed by atoms with van der Waals surface area (Å²) in [4.78, 5) is 3.95. The van der Waals surface area contributed by atoms with Crippen molar-refractivity contribution in [3.63, 3.8) is 0 Å². The number of anilines is 1. The molecular weight excluding hydrogens is 464 g/mol. The standard InChI is InChI=1S/C17H15BrN6O4S/c18-16-9-15(5-6-17(16)26-29-28-27-20)25-8-7-24(23-11-21-22-12-23)14-3-1-13(10-19)2-4-14/h1-6,9,11-12H,7-8,20H2. The van der Waals surface area contributed by atoms with E-state index in [9.17, 15) is 0 Å². The molecule has 0 saturated heterocycles. The average Bonchev–Trinajstić information content (AvgIpc) is 3.27. The number of aromatic nitrogens is 3. The molecule has 3 rings (SSSR count). The van der Waals surface area contributed by atoms with Crippen LogP contribution in [-0.2, 0) is 9.32 Å². The number of hydrogen-bond donors (Lipinski definition) is 1. The Kier molecular flexibility index (Phi) is 7.68. The van der Waals surface area contributed by atoms with Crippen LogP contribution < -0.4 is 19.8 Å². The molecular formula is C17H15BrN6O4S. The van der Waals surface area contributed by atoms with Crippen LogP contribution in [0, 0.1) is 11.3 Å². The Morgan fingerprint density at radius 3 is 2.59 bits per heavy atom. The van der Waals surface area contributed by atoms with Gasteiger partial charge < -0.3 is 8.92 Å². The van der Waals surface area contributed by atoms with Crippen LogP contribution in [0.2, 0.25) is 0 Å². The highest BCUT2D eigenvalue weighted by Crippen LogP contribution is 2.31. The van der Waals surface area contributed by atoms with Crippen LogP contribution in [0.5, 0.6) is 11.5 Å². The summed E-state index contributed by atoms with van der Waals surface area (Å²) in [7, 11) is 0. The molecule has 0 fully saturated rings. The van der Waals surface area contributed by atoms with Gasteiger partial charge in [0.25, 0.3) is 12.3 Å². The van der Waals surface area contributed by atoms with E-state index >= 15 is 0 Å². The number of halogens is 1. The summed E-state index contributed by atoms with van der Waals surface area (Å²) >= 11 is 3.99. The molecule has 0 bridgehead atoms. The fourth-order valence-corrected chi connectivity index (χ4v) is 3.19. The largest absolute Gasteiger partial charge is 0.492 e. The van der Waals surface area contributed by atoms with Gasteiger partial charge in [-0.25, -0.2) is 4.68 Å². The van der Waals surface area contributed by atoms with Crippen molar-refractivity contribution in [1.29, 1.82) is 5.26 Å². The minimum atomic E-state index is 0.379. The zero-order valence-electron chi connectivity index (χ0n) is 14.8. The average molecular weight is 479 g/mol. The summed E-state index contributed by atoms with van der Waals surface area (Å²) < 4.78 is 17.9. The molecule has 0 amide bonds. The van der Waals surface area contributed by atoms with Crippen LogP contribution in [-0.4, -0.2) is 28.0 Å². The normalized spacial score (nSPS) is 10.4. The van der Waals surface area contributed by atoms with Gasteiger partial charge in [-0.3, -0.25) is 5.01 Å². The van der Waals surface area contributed by atoms with Crippen LogP contribution in [0.3, 0.4) is 0 Å². The Hall–Kier alpha value is -2.82. The van der Waals surface area contributed by atoms with Gasteiger partial charge in [0.2, 0.25) is 0 Å². The molecule has 0 atom stereocenters. The van der Waals surface area contributed by atoms with Crippen LogP contribution in [0.4, 0.5) is 5.69 Å². The molecule has 0 aliphatic heterocycles. The van der Waals surface area contributed by atoms with Gasteiger partial charge in [0.05, 0.1) is 28.3 Å². The van der Waals surface area contributed by atoms with E-state index in [1.807, 2.05) is 17.1 Å². The molecule has 12 heteroatoms. The smallest absolute Gasteiger partial charge is 0.260 e. The highest BCUT2D eigenvalue weighted by atomic mass is 79.9. The Morgan fingerprint density at radius 1 is 1.17 bits per heavy atom. The summed E-state index contributed by atoms with van der Waals surface area (Å²) in [6.45, 7) is 0.890. The lowest BCUT2D eigenvalue weighted by atomic mass is 10.2. The summed E-state index contributed by atoms with van der Waals surface area (Å²) in [6, 6.07) is 14.6. The van der Waals surface area contributed by atoms with E-state index in [2.05, 4.69) is 41.5 Å². The van der Waals surface area contributed by atoms with Crippen LogP contribution >= 0.6 is 28.3 Å². The van der Waals surface area contributed by atoms with E-state index in [0.29, 0.717) is 47.0 Å². The molecule has 150 valence electrons. The van der Waals surface area contributed by atoms with E-state index in [4.69, 9.17) is 20.1 Å². The molecule has 29 heavy (non-hydrogen) atoms. The first-order valence-electron chi connectivity index (χ1n) is 8.13. The second-order valence-corrected chi connectivity index (χ2v) is 6.67. The van der Waals surface area contributed by atoms with E-state index in [1.165, 1.54) is 0 Å². The van der Waals surface area contributed by atoms with Crippen molar-refractivity contribution >= 4 is 33.9 Å². The van der Waals surface area contributed by atoms with Gasteiger partial charge in [-0.15, -0.1) is 19.5 Å². The Balaban J connectivity index is 1.63. The fraction of sp³-hybridized carbons (Fsp3) is 0.118. The first-order valence-corrected chi connectivity index (χ1v) is 9.59. The molecule has 0 radical (unpaired) electrons. The second kappa shape index (κ2) is 10.6. The maximum absolute atomic E-state index is 8.98. The number of hydrogen-bond acceptors (Lipinski definition) is 10. The number of benzene rings is 2. The third kappa shape index (κ3) is 5.83. The molecule has 0 unspecified atom stereocenters. The first-order chi connectivity index (χ1) is 14.2. The van der Waals surface area contributed by atoms with Gasteiger partial charge in [-0.05, 0) is 58.4 Å². The summed E-state index contributed by atoms with van der Waals surface area (Å²) in [6.07, 6.45) is 3.18. The third-order valence-electron chi connectivity index (χ3n) is 3.65. The van der Waals surface area contributed by atoms with Crippen molar-refractivity contribution < 1.29 is 18.2 Å². The van der Waals surface area contributed by atoms with Crippen LogP contribution in [0.1, 0.15) is 5.56 Å². The van der Waals surface area contributed by atoms with Crippen molar-refractivity contribution in [3.05, 3.63) is 65.2 Å². The lowest BCUT2D eigenvalue weighted by molar-refractivity contribution is -0.199.